The van der Waals surface area contributed by atoms with Crippen molar-refractivity contribution in [2.24, 2.45) is 0 Å². The monoisotopic (exact) mass is 318 g/mol. The van der Waals surface area contributed by atoms with Crippen molar-refractivity contribution in [2.75, 3.05) is 19.5 Å². The number of methoxy groups -OCH3 is 2. The van der Waals surface area contributed by atoms with Crippen LogP contribution in [-0.2, 0) is 0 Å². The number of anilines is 1. The van der Waals surface area contributed by atoms with Crippen molar-refractivity contribution >= 4 is 22.9 Å². The largest absolute Gasteiger partial charge is 0.493 e. The third-order valence-electron chi connectivity index (χ3n) is 3.59. The number of ether oxygens (including phenoxy) is 2. The molecule has 1 aromatic heterocycles. The topological polar surface area (TPSA) is 60.5 Å². The van der Waals surface area contributed by atoms with E-state index < -0.39 is 0 Å². The molecule has 1 N–H and O–H groups in total. The van der Waals surface area contributed by atoms with Crippen LogP contribution >= 0.6 is 11.3 Å². The van der Waals surface area contributed by atoms with Crippen LogP contribution in [0.3, 0.4) is 0 Å². The predicted octanol–water partition coefficient (Wildman–Crippen LogP) is 3.60. The quantitative estimate of drug-likeness (QED) is 0.915. The maximum absolute atomic E-state index is 12.4. The van der Waals surface area contributed by atoms with E-state index in [1.165, 1.54) is 24.2 Å². The van der Waals surface area contributed by atoms with Crippen LogP contribution in [0.15, 0.2) is 18.2 Å². The van der Waals surface area contributed by atoms with E-state index in [0.29, 0.717) is 28.0 Å². The van der Waals surface area contributed by atoms with Gasteiger partial charge < -0.3 is 14.8 Å². The van der Waals surface area contributed by atoms with Crippen molar-refractivity contribution in [2.45, 2.75) is 25.7 Å². The molecule has 1 heterocycles. The van der Waals surface area contributed by atoms with E-state index in [4.69, 9.17) is 9.47 Å². The van der Waals surface area contributed by atoms with E-state index in [-0.39, 0.29) is 5.91 Å². The predicted molar refractivity (Wildman–Crippen MR) is 86.3 cm³/mol. The first-order valence-corrected chi connectivity index (χ1v) is 7.94. The molecule has 6 heteroatoms. The van der Waals surface area contributed by atoms with Crippen LogP contribution in [-0.4, -0.2) is 25.1 Å². The summed E-state index contributed by atoms with van der Waals surface area (Å²) in [4.78, 5) is 17.6. The Balaban J connectivity index is 1.79. The number of carbonyl (C=O) groups excluding carboxylic acids is 1. The molecule has 1 aliphatic rings. The molecule has 0 spiro atoms. The highest BCUT2D eigenvalue weighted by Crippen LogP contribution is 2.42. The molecule has 1 aromatic carbocycles. The zero-order valence-electron chi connectivity index (χ0n) is 12.8. The Morgan fingerprint density at radius 1 is 1.27 bits per heavy atom. The molecule has 1 amide bonds. The van der Waals surface area contributed by atoms with E-state index in [1.54, 1.807) is 32.4 Å². The smallest absolute Gasteiger partial charge is 0.267 e. The molecule has 3 rings (SSSR count). The molecule has 0 unspecified atom stereocenters. The highest BCUT2D eigenvalue weighted by Gasteiger charge is 2.29. The summed E-state index contributed by atoms with van der Waals surface area (Å²) in [7, 11) is 3.15. The normalized spacial score (nSPS) is 13.8. The Labute approximate surface area is 133 Å². The van der Waals surface area contributed by atoms with Crippen LogP contribution in [0.1, 0.15) is 39.1 Å². The first kappa shape index (κ1) is 14.8. The summed E-state index contributed by atoms with van der Waals surface area (Å²) < 4.78 is 10.4. The van der Waals surface area contributed by atoms with Gasteiger partial charge in [0.2, 0.25) is 0 Å². The number of hydrogen-bond donors (Lipinski definition) is 1. The van der Waals surface area contributed by atoms with Crippen LogP contribution in [0, 0.1) is 6.92 Å². The second kappa shape index (κ2) is 5.96. The van der Waals surface area contributed by atoms with Crippen LogP contribution in [0.25, 0.3) is 0 Å². The SMILES string of the molecule is COc1ccc(NC(=O)c2sc(C3CC3)nc2C)cc1OC. The molecule has 5 nitrogen and oxygen atoms in total. The Bertz CT molecular complexity index is 707. The van der Waals surface area contributed by atoms with E-state index in [0.717, 1.165) is 10.7 Å². The first-order valence-electron chi connectivity index (χ1n) is 7.13. The molecule has 0 atom stereocenters. The van der Waals surface area contributed by atoms with Crippen molar-refractivity contribution in [1.29, 1.82) is 0 Å². The Morgan fingerprint density at radius 2 is 2.00 bits per heavy atom. The summed E-state index contributed by atoms with van der Waals surface area (Å²) in [6, 6.07) is 5.30. The number of nitrogens with zero attached hydrogens (tertiary/aromatic N) is 1. The van der Waals surface area contributed by atoms with Crippen LogP contribution in [0.5, 0.6) is 11.5 Å². The Morgan fingerprint density at radius 3 is 2.64 bits per heavy atom. The van der Waals surface area contributed by atoms with E-state index in [9.17, 15) is 4.79 Å². The molecule has 0 saturated heterocycles. The third-order valence-corrected chi connectivity index (χ3v) is 4.91. The molecular formula is C16H18N2O3S. The van der Waals surface area contributed by atoms with Gasteiger partial charge in [-0.2, -0.15) is 0 Å². The number of aryl methyl sites for hydroxylation is 1. The number of hydrogen-bond acceptors (Lipinski definition) is 5. The van der Waals surface area contributed by atoms with Crippen molar-refractivity contribution in [3.05, 3.63) is 33.8 Å². The number of nitrogens with one attached hydrogen (secondary N) is 1. The highest BCUT2D eigenvalue weighted by atomic mass is 32.1. The maximum Gasteiger partial charge on any atom is 0.267 e. The number of amides is 1. The zero-order valence-corrected chi connectivity index (χ0v) is 13.6. The third kappa shape index (κ3) is 2.92. The van der Waals surface area contributed by atoms with Crippen molar-refractivity contribution in [3.8, 4) is 11.5 Å². The Hall–Kier alpha value is -2.08. The Kier molecular flexibility index (Phi) is 4.02. The van der Waals surface area contributed by atoms with Gasteiger partial charge in [0, 0.05) is 17.7 Å². The van der Waals surface area contributed by atoms with Gasteiger partial charge in [0.15, 0.2) is 11.5 Å². The van der Waals surface area contributed by atoms with Gasteiger partial charge in [0.1, 0.15) is 4.88 Å². The van der Waals surface area contributed by atoms with Crippen molar-refractivity contribution in [1.82, 2.24) is 4.98 Å². The summed E-state index contributed by atoms with van der Waals surface area (Å²) in [6.07, 6.45) is 2.37. The maximum atomic E-state index is 12.4. The minimum atomic E-state index is -0.130. The van der Waals surface area contributed by atoms with E-state index in [1.807, 2.05) is 6.92 Å². The number of carbonyl (C=O) groups is 1. The molecule has 116 valence electrons. The fourth-order valence-corrected chi connectivity index (χ4v) is 3.37. The molecule has 22 heavy (non-hydrogen) atoms. The van der Waals surface area contributed by atoms with Gasteiger partial charge in [-0.15, -0.1) is 11.3 Å². The average Bonchev–Trinajstić information content (AvgIpc) is 3.29. The molecule has 1 aliphatic carbocycles. The average molecular weight is 318 g/mol. The lowest BCUT2D eigenvalue weighted by molar-refractivity contribution is 0.103. The van der Waals surface area contributed by atoms with Gasteiger partial charge in [-0.3, -0.25) is 4.79 Å². The molecule has 0 radical (unpaired) electrons. The second-order valence-electron chi connectivity index (χ2n) is 5.26. The lowest BCUT2D eigenvalue weighted by Crippen LogP contribution is -2.11. The number of benzene rings is 1. The zero-order chi connectivity index (χ0) is 15.7. The van der Waals surface area contributed by atoms with Crippen LogP contribution < -0.4 is 14.8 Å². The lowest BCUT2D eigenvalue weighted by Gasteiger charge is -2.10. The molecule has 0 bridgehead atoms. The minimum absolute atomic E-state index is 0.130. The van der Waals surface area contributed by atoms with Gasteiger partial charge in [-0.1, -0.05) is 0 Å². The second-order valence-corrected chi connectivity index (χ2v) is 6.30. The summed E-state index contributed by atoms with van der Waals surface area (Å²) in [5.41, 5.74) is 1.47. The lowest BCUT2D eigenvalue weighted by atomic mass is 10.2. The summed E-state index contributed by atoms with van der Waals surface area (Å²) in [5, 5.41) is 3.97. The number of aromatic nitrogens is 1. The fraction of sp³-hybridized carbons (Fsp3) is 0.375. The van der Waals surface area contributed by atoms with Gasteiger partial charge in [-0.25, -0.2) is 4.98 Å². The van der Waals surface area contributed by atoms with E-state index in [2.05, 4.69) is 10.3 Å². The molecule has 0 aliphatic heterocycles. The van der Waals surface area contributed by atoms with E-state index >= 15 is 0 Å². The summed E-state index contributed by atoms with van der Waals surface area (Å²) in [6.45, 7) is 1.88. The molecular weight excluding hydrogens is 300 g/mol. The summed E-state index contributed by atoms with van der Waals surface area (Å²) in [5.74, 6) is 1.64. The van der Waals surface area contributed by atoms with Gasteiger partial charge in [-0.05, 0) is 31.9 Å². The van der Waals surface area contributed by atoms with Gasteiger partial charge in [0.05, 0.1) is 24.9 Å². The first-order chi connectivity index (χ1) is 10.6. The molecule has 1 saturated carbocycles. The standard InChI is InChI=1S/C16H18N2O3S/c1-9-14(22-16(17-9)10-4-5-10)15(19)18-11-6-7-12(20-2)13(8-11)21-3/h6-8,10H,4-5H2,1-3H3,(H,18,19). The van der Waals surface area contributed by atoms with Gasteiger partial charge >= 0.3 is 0 Å². The number of rotatable bonds is 5. The van der Waals surface area contributed by atoms with Crippen molar-refractivity contribution in [3.63, 3.8) is 0 Å². The van der Waals surface area contributed by atoms with Crippen LogP contribution in [0.4, 0.5) is 5.69 Å². The molecule has 1 fully saturated rings. The fourth-order valence-electron chi connectivity index (χ4n) is 2.23. The van der Waals surface area contributed by atoms with Gasteiger partial charge in [0.25, 0.3) is 5.91 Å². The minimum Gasteiger partial charge on any atom is -0.493 e. The molecule has 2 aromatic rings. The van der Waals surface area contributed by atoms with Crippen molar-refractivity contribution < 1.29 is 14.3 Å². The highest BCUT2D eigenvalue weighted by molar-refractivity contribution is 7.14. The summed E-state index contributed by atoms with van der Waals surface area (Å²) >= 11 is 1.50. The number of thiazole rings is 1. The van der Waals surface area contributed by atoms with Crippen LogP contribution in [0.2, 0.25) is 0 Å².